The predicted octanol–water partition coefficient (Wildman–Crippen LogP) is 3.12. The summed E-state index contributed by atoms with van der Waals surface area (Å²) in [6.45, 7) is 0. The number of hydrogen-bond donors (Lipinski definition) is 2. The molecule has 0 saturated carbocycles. The summed E-state index contributed by atoms with van der Waals surface area (Å²) in [4.78, 5) is 36.3. The highest BCUT2D eigenvalue weighted by Crippen LogP contribution is 2.27. The number of carbonyl (C=O) groups is 2. The van der Waals surface area contributed by atoms with Gasteiger partial charge >= 0.3 is 0 Å². The standard InChI is InChI=1S/C23H15N3O3/c24-21-20-18(22(28)25-23(20)29)12-19(27)26(21)17-9-7-14(8-10-17)16-6-5-13-3-1-2-4-15(13)11-16/h1-12H,24H2,(H,25,28,29). The zero-order chi connectivity index (χ0) is 20.1. The van der Waals surface area contributed by atoms with Gasteiger partial charge in [0.15, 0.2) is 0 Å². The predicted molar refractivity (Wildman–Crippen MR) is 111 cm³/mol. The molecule has 3 aromatic carbocycles. The fraction of sp³-hybridized carbons (Fsp3) is 0. The summed E-state index contributed by atoms with van der Waals surface area (Å²) in [5.74, 6) is -1.24. The van der Waals surface area contributed by atoms with E-state index in [9.17, 15) is 14.4 Å². The van der Waals surface area contributed by atoms with Crippen molar-refractivity contribution in [3.63, 3.8) is 0 Å². The van der Waals surface area contributed by atoms with Crippen LogP contribution >= 0.6 is 0 Å². The smallest absolute Gasteiger partial charge is 0.262 e. The Morgan fingerprint density at radius 1 is 0.724 bits per heavy atom. The second kappa shape index (κ2) is 6.17. The van der Waals surface area contributed by atoms with Gasteiger partial charge in [-0.3, -0.25) is 24.3 Å². The zero-order valence-corrected chi connectivity index (χ0v) is 15.2. The molecule has 5 rings (SSSR count). The van der Waals surface area contributed by atoms with Crippen LogP contribution in [0.1, 0.15) is 20.7 Å². The molecule has 6 nitrogen and oxygen atoms in total. The van der Waals surface area contributed by atoms with E-state index >= 15 is 0 Å². The molecule has 29 heavy (non-hydrogen) atoms. The van der Waals surface area contributed by atoms with Crippen LogP contribution < -0.4 is 16.6 Å². The van der Waals surface area contributed by atoms with Crippen molar-refractivity contribution in [2.75, 3.05) is 5.73 Å². The highest BCUT2D eigenvalue weighted by atomic mass is 16.2. The van der Waals surface area contributed by atoms with Crippen molar-refractivity contribution in [3.05, 3.63) is 94.3 Å². The SMILES string of the molecule is Nc1c2c(cc(=O)n1-c1ccc(-c3ccc4ccccc4c3)cc1)C(=O)NC2=O. The van der Waals surface area contributed by atoms with E-state index in [0.29, 0.717) is 5.69 Å². The van der Waals surface area contributed by atoms with Crippen molar-refractivity contribution in [2.45, 2.75) is 0 Å². The lowest BCUT2D eigenvalue weighted by molar-refractivity contribution is 0.0880. The van der Waals surface area contributed by atoms with Crippen LogP contribution in [0.5, 0.6) is 0 Å². The minimum absolute atomic E-state index is 0.0153. The van der Waals surface area contributed by atoms with Crippen LogP contribution in [0, 0.1) is 0 Å². The van der Waals surface area contributed by atoms with Crippen molar-refractivity contribution in [1.82, 2.24) is 9.88 Å². The number of pyridine rings is 1. The van der Waals surface area contributed by atoms with Crippen LogP contribution in [0.2, 0.25) is 0 Å². The van der Waals surface area contributed by atoms with E-state index in [4.69, 9.17) is 5.73 Å². The zero-order valence-electron chi connectivity index (χ0n) is 15.2. The van der Waals surface area contributed by atoms with Crippen molar-refractivity contribution >= 4 is 28.4 Å². The Morgan fingerprint density at radius 2 is 1.41 bits per heavy atom. The van der Waals surface area contributed by atoms with E-state index < -0.39 is 17.4 Å². The third kappa shape index (κ3) is 2.62. The summed E-state index contributed by atoms with van der Waals surface area (Å²) in [5, 5.41) is 4.47. The Labute approximate surface area is 165 Å². The average Bonchev–Trinajstić information content (AvgIpc) is 3.01. The maximum atomic E-state index is 12.5. The van der Waals surface area contributed by atoms with Gasteiger partial charge in [-0.15, -0.1) is 0 Å². The van der Waals surface area contributed by atoms with Gasteiger partial charge in [0.05, 0.1) is 16.8 Å². The number of fused-ring (bicyclic) bond motifs is 2. The molecule has 0 unspecified atom stereocenters. The topological polar surface area (TPSA) is 94.2 Å². The quantitative estimate of drug-likeness (QED) is 0.522. The molecule has 2 amide bonds. The first kappa shape index (κ1) is 16.9. The fourth-order valence-electron chi connectivity index (χ4n) is 3.72. The number of rotatable bonds is 2. The highest BCUT2D eigenvalue weighted by molar-refractivity contribution is 6.23. The lowest BCUT2D eigenvalue weighted by Crippen LogP contribution is -2.24. The molecule has 140 valence electrons. The molecule has 2 heterocycles. The number of nitrogen functional groups attached to an aromatic ring is 1. The van der Waals surface area contributed by atoms with Gasteiger partial charge in [0.25, 0.3) is 17.4 Å². The Balaban J connectivity index is 1.59. The summed E-state index contributed by atoms with van der Waals surface area (Å²) in [6, 6.07) is 22.8. The van der Waals surface area contributed by atoms with Crippen LogP contribution in [0.15, 0.2) is 77.6 Å². The van der Waals surface area contributed by atoms with Crippen LogP contribution in [0.25, 0.3) is 27.6 Å². The summed E-state index contributed by atoms with van der Waals surface area (Å²) >= 11 is 0. The average molecular weight is 381 g/mol. The molecule has 0 aliphatic carbocycles. The molecule has 1 aliphatic rings. The van der Waals surface area contributed by atoms with Crippen molar-refractivity contribution in [3.8, 4) is 16.8 Å². The Kier molecular flexibility index (Phi) is 3.61. The molecular weight excluding hydrogens is 366 g/mol. The summed E-state index contributed by atoms with van der Waals surface area (Å²) in [5.41, 5.74) is 8.22. The highest BCUT2D eigenvalue weighted by Gasteiger charge is 2.31. The molecule has 0 spiro atoms. The number of benzene rings is 3. The van der Waals surface area contributed by atoms with E-state index in [2.05, 4.69) is 29.6 Å². The first-order valence-electron chi connectivity index (χ1n) is 9.04. The minimum atomic E-state index is -0.604. The van der Waals surface area contributed by atoms with Crippen molar-refractivity contribution in [1.29, 1.82) is 0 Å². The number of nitrogens with one attached hydrogen (secondary N) is 1. The molecule has 0 bridgehead atoms. The van der Waals surface area contributed by atoms with Gasteiger partial charge in [-0.05, 0) is 40.1 Å². The largest absolute Gasteiger partial charge is 0.384 e. The fourth-order valence-corrected chi connectivity index (χ4v) is 3.72. The third-order valence-electron chi connectivity index (χ3n) is 5.16. The minimum Gasteiger partial charge on any atom is -0.384 e. The molecule has 1 aromatic heterocycles. The molecule has 1 aliphatic heterocycles. The van der Waals surface area contributed by atoms with E-state index in [1.54, 1.807) is 12.1 Å². The lowest BCUT2D eigenvalue weighted by atomic mass is 10.0. The first-order chi connectivity index (χ1) is 14.0. The molecule has 4 aromatic rings. The van der Waals surface area contributed by atoms with E-state index in [1.807, 2.05) is 30.3 Å². The molecule has 6 heteroatoms. The van der Waals surface area contributed by atoms with Crippen LogP contribution in [-0.4, -0.2) is 16.4 Å². The first-order valence-corrected chi connectivity index (χ1v) is 9.04. The van der Waals surface area contributed by atoms with Crippen LogP contribution in [0.4, 0.5) is 5.82 Å². The maximum absolute atomic E-state index is 12.5. The summed E-state index contributed by atoms with van der Waals surface area (Å²) < 4.78 is 1.24. The van der Waals surface area contributed by atoms with Crippen LogP contribution in [-0.2, 0) is 0 Å². The van der Waals surface area contributed by atoms with E-state index in [1.165, 1.54) is 4.57 Å². The van der Waals surface area contributed by atoms with E-state index in [0.717, 1.165) is 28.0 Å². The second-order valence-electron chi connectivity index (χ2n) is 6.88. The van der Waals surface area contributed by atoms with Gasteiger partial charge in [-0.2, -0.15) is 0 Å². The number of hydrogen-bond acceptors (Lipinski definition) is 4. The van der Waals surface area contributed by atoms with E-state index in [-0.39, 0.29) is 16.9 Å². The van der Waals surface area contributed by atoms with Gasteiger partial charge in [0.1, 0.15) is 5.82 Å². The number of nitrogens with two attached hydrogens (primary N) is 1. The number of amides is 2. The van der Waals surface area contributed by atoms with Gasteiger partial charge in [0.2, 0.25) is 0 Å². The number of aromatic nitrogens is 1. The normalized spacial score (nSPS) is 12.8. The number of anilines is 1. The molecular formula is C23H15N3O3. The number of imide groups is 1. The monoisotopic (exact) mass is 381 g/mol. The maximum Gasteiger partial charge on any atom is 0.262 e. The molecule has 0 saturated heterocycles. The van der Waals surface area contributed by atoms with Crippen molar-refractivity contribution < 1.29 is 9.59 Å². The Morgan fingerprint density at radius 3 is 2.17 bits per heavy atom. The Bertz CT molecular complexity index is 1390. The van der Waals surface area contributed by atoms with Gasteiger partial charge in [0, 0.05) is 6.07 Å². The molecule has 3 N–H and O–H groups in total. The van der Waals surface area contributed by atoms with Gasteiger partial charge in [-0.25, -0.2) is 0 Å². The van der Waals surface area contributed by atoms with Crippen molar-refractivity contribution in [2.24, 2.45) is 0 Å². The van der Waals surface area contributed by atoms with Crippen LogP contribution in [0.3, 0.4) is 0 Å². The Hall–Kier alpha value is -4.19. The second-order valence-corrected chi connectivity index (χ2v) is 6.88. The third-order valence-corrected chi connectivity index (χ3v) is 5.16. The molecule has 0 fully saturated rings. The summed E-state index contributed by atoms with van der Waals surface area (Å²) in [6.07, 6.45) is 0. The molecule has 0 radical (unpaired) electrons. The lowest BCUT2D eigenvalue weighted by Gasteiger charge is -2.12. The molecule has 0 atom stereocenters. The number of nitrogens with zero attached hydrogens (tertiary/aromatic N) is 1. The van der Waals surface area contributed by atoms with Gasteiger partial charge in [-0.1, -0.05) is 48.5 Å². The summed E-state index contributed by atoms with van der Waals surface area (Å²) in [7, 11) is 0. The van der Waals surface area contributed by atoms with Gasteiger partial charge < -0.3 is 5.73 Å². The number of carbonyl (C=O) groups excluding carboxylic acids is 2.